The lowest BCUT2D eigenvalue weighted by Gasteiger charge is -2.49. The molecule has 0 saturated carbocycles. The molecule has 2 aliphatic heterocycles. The summed E-state index contributed by atoms with van der Waals surface area (Å²) in [6.45, 7) is 8.46. The molecule has 4 heteroatoms. The monoisotopic (exact) mass is 255 g/mol. The Hall–Kier alpha value is -0.160. The van der Waals surface area contributed by atoms with Gasteiger partial charge in [0.05, 0.1) is 6.61 Å². The van der Waals surface area contributed by atoms with Gasteiger partial charge in [0, 0.05) is 24.7 Å². The molecule has 0 aromatic carbocycles. The van der Waals surface area contributed by atoms with Gasteiger partial charge < -0.3 is 15.4 Å². The van der Waals surface area contributed by atoms with E-state index in [-0.39, 0.29) is 5.54 Å². The summed E-state index contributed by atoms with van der Waals surface area (Å²) in [6, 6.07) is 0.575. The molecule has 1 unspecified atom stereocenters. The number of nitrogens with zero attached hydrogens (tertiary/aromatic N) is 2. The Bertz CT molecular complexity index is 245. The SMILES string of the molecule is CCCN1CCC(CN)(N(C)C2CCOC2)CC1. The lowest BCUT2D eigenvalue weighted by atomic mass is 9.84. The fourth-order valence-corrected chi connectivity index (χ4v) is 3.42. The van der Waals surface area contributed by atoms with Crippen molar-refractivity contribution in [3.8, 4) is 0 Å². The first-order valence-corrected chi connectivity index (χ1v) is 7.45. The quantitative estimate of drug-likeness (QED) is 0.793. The summed E-state index contributed by atoms with van der Waals surface area (Å²) < 4.78 is 5.53. The smallest absolute Gasteiger partial charge is 0.0622 e. The van der Waals surface area contributed by atoms with Gasteiger partial charge in [0.25, 0.3) is 0 Å². The van der Waals surface area contributed by atoms with E-state index in [1.54, 1.807) is 0 Å². The molecule has 0 aromatic heterocycles. The molecule has 0 bridgehead atoms. The third kappa shape index (κ3) is 2.87. The normalized spacial score (nSPS) is 29.0. The van der Waals surface area contributed by atoms with Crippen molar-refractivity contribution in [3.05, 3.63) is 0 Å². The van der Waals surface area contributed by atoms with Gasteiger partial charge >= 0.3 is 0 Å². The molecule has 1 atom stereocenters. The molecule has 2 aliphatic rings. The number of ether oxygens (including phenoxy) is 1. The second kappa shape index (κ2) is 6.33. The Kier molecular flexibility index (Phi) is 5.01. The molecule has 2 heterocycles. The van der Waals surface area contributed by atoms with Crippen molar-refractivity contribution in [2.75, 3.05) is 46.4 Å². The second-order valence-corrected chi connectivity index (χ2v) is 5.90. The fraction of sp³-hybridized carbons (Fsp3) is 1.00. The van der Waals surface area contributed by atoms with Crippen molar-refractivity contribution < 1.29 is 4.74 Å². The van der Waals surface area contributed by atoms with Gasteiger partial charge in [-0.2, -0.15) is 0 Å². The first-order chi connectivity index (χ1) is 8.72. The van der Waals surface area contributed by atoms with Gasteiger partial charge in [-0.3, -0.25) is 4.90 Å². The van der Waals surface area contributed by atoms with E-state index in [1.165, 1.54) is 38.9 Å². The van der Waals surface area contributed by atoms with Gasteiger partial charge in [-0.15, -0.1) is 0 Å². The average Bonchev–Trinajstić information content (AvgIpc) is 2.93. The summed E-state index contributed by atoms with van der Waals surface area (Å²) in [4.78, 5) is 5.11. The molecule has 18 heavy (non-hydrogen) atoms. The summed E-state index contributed by atoms with van der Waals surface area (Å²) in [5.41, 5.74) is 6.34. The molecule has 0 aliphatic carbocycles. The highest BCUT2D eigenvalue weighted by Crippen LogP contribution is 2.30. The zero-order valence-electron chi connectivity index (χ0n) is 12.0. The Balaban J connectivity index is 1.94. The van der Waals surface area contributed by atoms with E-state index in [0.29, 0.717) is 6.04 Å². The van der Waals surface area contributed by atoms with Crippen molar-refractivity contribution in [1.82, 2.24) is 9.80 Å². The predicted octanol–water partition coefficient (Wildman–Crippen LogP) is 0.910. The molecule has 2 saturated heterocycles. The molecule has 0 spiro atoms. The highest BCUT2D eigenvalue weighted by atomic mass is 16.5. The van der Waals surface area contributed by atoms with Crippen LogP contribution in [0.25, 0.3) is 0 Å². The van der Waals surface area contributed by atoms with Crippen LogP contribution in [0.15, 0.2) is 0 Å². The Labute approximate surface area is 111 Å². The Morgan fingerprint density at radius 3 is 2.61 bits per heavy atom. The van der Waals surface area contributed by atoms with Crippen molar-refractivity contribution in [2.45, 2.75) is 44.2 Å². The van der Waals surface area contributed by atoms with Crippen LogP contribution in [0.5, 0.6) is 0 Å². The molecular formula is C14H29N3O. The summed E-state index contributed by atoms with van der Waals surface area (Å²) >= 11 is 0. The van der Waals surface area contributed by atoms with Gasteiger partial charge in [0.1, 0.15) is 0 Å². The third-order valence-electron chi connectivity index (χ3n) is 4.91. The van der Waals surface area contributed by atoms with Crippen LogP contribution in [0.3, 0.4) is 0 Å². The number of piperidine rings is 1. The molecule has 0 amide bonds. The standard InChI is InChI=1S/C14H29N3O/c1-3-7-17-8-5-14(12-15,6-9-17)16(2)13-4-10-18-11-13/h13H,3-12,15H2,1-2H3. The topological polar surface area (TPSA) is 41.7 Å². The maximum Gasteiger partial charge on any atom is 0.0622 e. The largest absolute Gasteiger partial charge is 0.380 e. The average molecular weight is 255 g/mol. The van der Waals surface area contributed by atoms with Crippen LogP contribution in [0.4, 0.5) is 0 Å². The number of likely N-dealkylation sites (tertiary alicyclic amines) is 1. The minimum atomic E-state index is 0.211. The van der Waals surface area contributed by atoms with Gasteiger partial charge in [-0.1, -0.05) is 6.92 Å². The molecule has 2 fully saturated rings. The number of rotatable bonds is 5. The van der Waals surface area contributed by atoms with Crippen molar-refractivity contribution in [1.29, 1.82) is 0 Å². The Morgan fingerprint density at radius 2 is 2.11 bits per heavy atom. The van der Waals surface area contributed by atoms with Crippen molar-refractivity contribution in [2.24, 2.45) is 5.73 Å². The zero-order chi connectivity index (χ0) is 13.0. The van der Waals surface area contributed by atoms with Crippen LogP contribution in [0.1, 0.15) is 32.6 Å². The lowest BCUT2D eigenvalue weighted by Crippen LogP contribution is -2.61. The van der Waals surface area contributed by atoms with E-state index in [0.717, 1.165) is 26.2 Å². The van der Waals surface area contributed by atoms with Crippen LogP contribution in [0.2, 0.25) is 0 Å². The third-order valence-corrected chi connectivity index (χ3v) is 4.91. The lowest BCUT2D eigenvalue weighted by molar-refractivity contribution is 0.0130. The maximum absolute atomic E-state index is 6.13. The van der Waals surface area contributed by atoms with Gasteiger partial charge in [-0.05, 0) is 52.4 Å². The van der Waals surface area contributed by atoms with E-state index >= 15 is 0 Å². The fourth-order valence-electron chi connectivity index (χ4n) is 3.42. The molecule has 0 aromatic rings. The van der Waals surface area contributed by atoms with Crippen LogP contribution in [-0.2, 0) is 4.74 Å². The van der Waals surface area contributed by atoms with E-state index < -0.39 is 0 Å². The predicted molar refractivity (Wildman–Crippen MR) is 74.7 cm³/mol. The van der Waals surface area contributed by atoms with Crippen LogP contribution < -0.4 is 5.73 Å². The molecule has 2 N–H and O–H groups in total. The van der Waals surface area contributed by atoms with E-state index in [4.69, 9.17) is 10.5 Å². The number of hydrogen-bond acceptors (Lipinski definition) is 4. The minimum absolute atomic E-state index is 0.211. The summed E-state index contributed by atoms with van der Waals surface area (Å²) in [7, 11) is 2.25. The van der Waals surface area contributed by atoms with E-state index in [1.807, 2.05) is 0 Å². The number of hydrogen-bond donors (Lipinski definition) is 1. The van der Waals surface area contributed by atoms with Gasteiger partial charge in [0.2, 0.25) is 0 Å². The highest BCUT2D eigenvalue weighted by molar-refractivity contribution is 4.98. The molecule has 0 radical (unpaired) electrons. The van der Waals surface area contributed by atoms with E-state index in [9.17, 15) is 0 Å². The van der Waals surface area contributed by atoms with Crippen molar-refractivity contribution >= 4 is 0 Å². The molecule has 4 nitrogen and oxygen atoms in total. The van der Waals surface area contributed by atoms with E-state index in [2.05, 4.69) is 23.8 Å². The zero-order valence-corrected chi connectivity index (χ0v) is 12.0. The minimum Gasteiger partial charge on any atom is -0.380 e. The molecule has 2 rings (SSSR count). The first-order valence-electron chi connectivity index (χ1n) is 7.45. The number of nitrogens with two attached hydrogens (primary N) is 1. The van der Waals surface area contributed by atoms with Gasteiger partial charge in [0.15, 0.2) is 0 Å². The second-order valence-electron chi connectivity index (χ2n) is 5.90. The summed E-state index contributed by atoms with van der Waals surface area (Å²) in [6.07, 6.45) is 4.83. The molecular weight excluding hydrogens is 226 g/mol. The van der Waals surface area contributed by atoms with Crippen LogP contribution in [-0.4, -0.2) is 67.8 Å². The maximum atomic E-state index is 6.13. The van der Waals surface area contributed by atoms with Gasteiger partial charge in [-0.25, -0.2) is 0 Å². The summed E-state index contributed by atoms with van der Waals surface area (Å²) in [5.74, 6) is 0. The molecule has 106 valence electrons. The van der Waals surface area contributed by atoms with Crippen LogP contribution in [0, 0.1) is 0 Å². The summed E-state index contributed by atoms with van der Waals surface area (Å²) in [5, 5.41) is 0. The first kappa shape index (κ1) is 14.3. The highest BCUT2D eigenvalue weighted by Gasteiger charge is 2.40. The number of likely N-dealkylation sites (N-methyl/N-ethyl adjacent to an activating group) is 1. The van der Waals surface area contributed by atoms with Crippen molar-refractivity contribution in [3.63, 3.8) is 0 Å². The van der Waals surface area contributed by atoms with Crippen LogP contribution >= 0.6 is 0 Å². The Morgan fingerprint density at radius 1 is 1.39 bits per heavy atom.